The first-order valence-corrected chi connectivity index (χ1v) is 9.22. The van der Waals surface area contributed by atoms with Crippen LogP contribution in [0.15, 0.2) is 24.3 Å². The fourth-order valence-electron chi connectivity index (χ4n) is 3.63. The van der Waals surface area contributed by atoms with Crippen molar-refractivity contribution in [3.8, 4) is 5.75 Å². The zero-order valence-electron chi connectivity index (χ0n) is 15.6. The molecule has 0 bridgehead atoms. The second kappa shape index (κ2) is 8.06. The van der Waals surface area contributed by atoms with E-state index in [-0.39, 0.29) is 5.91 Å². The van der Waals surface area contributed by atoms with E-state index in [9.17, 15) is 4.79 Å². The van der Waals surface area contributed by atoms with Crippen LogP contribution in [0.3, 0.4) is 0 Å². The molecule has 25 heavy (non-hydrogen) atoms. The largest absolute Gasteiger partial charge is 0.497 e. The number of carbonyl (C=O) groups is 1. The Balaban J connectivity index is 1.50. The van der Waals surface area contributed by atoms with Crippen molar-refractivity contribution in [1.82, 2.24) is 15.1 Å². The number of nitrogens with one attached hydrogen (secondary N) is 1. The van der Waals surface area contributed by atoms with Crippen LogP contribution in [0.5, 0.6) is 5.75 Å². The molecule has 2 unspecified atom stereocenters. The van der Waals surface area contributed by atoms with Gasteiger partial charge in [-0.05, 0) is 38.1 Å². The number of hydrogen-bond acceptors (Lipinski definition) is 5. The molecule has 0 saturated carbocycles. The van der Waals surface area contributed by atoms with Crippen molar-refractivity contribution in [2.75, 3.05) is 57.8 Å². The summed E-state index contributed by atoms with van der Waals surface area (Å²) in [6.45, 7) is 10.2. The summed E-state index contributed by atoms with van der Waals surface area (Å²) >= 11 is 0. The van der Waals surface area contributed by atoms with Crippen molar-refractivity contribution >= 4 is 11.6 Å². The van der Waals surface area contributed by atoms with E-state index in [0.717, 1.165) is 45.0 Å². The van der Waals surface area contributed by atoms with Crippen LogP contribution in [-0.2, 0) is 4.79 Å². The van der Waals surface area contributed by atoms with Crippen LogP contribution >= 0.6 is 0 Å². The van der Waals surface area contributed by atoms with Gasteiger partial charge in [0.15, 0.2) is 0 Å². The molecule has 6 heteroatoms. The Bertz CT molecular complexity index is 569. The molecule has 6 nitrogen and oxygen atoms in total. The fourth-order valence-corrected chi connectivity index (χ4v) is 3.63. The minimum absolute atomic E-state index is 0.260. The molecule has 0 aromatic heterocycles. The Morgan fingerprint density at radius 2 is 1.80 bits per heavy atom. The monoisotopic (exact) mass is 346 g/mol. The van der Waals surface area contributed by atoms with Gasteiger partial charge in [0.05, 0.1) is 13.7 Å². The molecular formula is C19H30N4O2. The third-order valence-electron chi connectivity index (χ3n) is 5.57. The summed E-state index contributed by atoms with van der Waals surface area (Å²) in [5.41, 5.74) is 1.19. The minimum Gasteiger partial charge on any atom is -0.497 e. The summed E-state index contributed by atoms with van der Waals surface area (Å²) in [5.74, 6) is 1.13. The predicted octanol–water partition coefficient (Wildman–Crippen LogP) is 1.03. The molecule has 2 atom stereocenters. The van der Waals surface area contributed by atoms with Gasteiger partial charge in [0, 0.05) is 57.0 Å². The molecule has 2 aliphatic heterocycles. The van der Waals surface area contributed by atoms with Crippen molar-refractivity contribution in [1.29, 1.82) is 0 Å². The number of benzene rings is 1. The topological polar surface area (TPSA) is 48.1 Å². The van der Waals surface area contributed by atoms with Crippen LogP contribution in [0.4, 0.5) is 5.69 Å². The van der Waals surface area contributed by atoms with Crippen molar-refractivity contribution in [3.63, 3.8) is 0 Å². The second-order valence-corrected chi connectivity index (χ2v) is 7.02. The van der Waals surface area contributed by atoms with Crippen LogP contribution in [0.25, 0.3) is 0 Å². The van der Waals surface area contributed by atoms with Crippen molar-refractivity contribution in [2.24, 2.45) is 0 Å². The first kappa shape index (κ1) is 18.0. The SMILES string of the molecule is COc1ccc(N2CCN(C(=O)CN3CCNC(C)C3C)CC2)cc1. The van der Waals surface area contributed by atoms with Crippen molar-refractivity contribution in [2.45, 2.75) is 25.9 Å². The number of rotatable bonds is 4. The first-order chi connectivity index (χ1) is 12.1. The Labute approximate surface area is 150 Å². The molecule has 2 saturated heterocycles. The number of amides is 1. The molecule has 1 amide bonds. The van der Waals surface area contributed by atoms with Crippen LogP contribution in [0, 0.1) is 0 Å². The molecule has 2 aliphatic rings. The minimum atomic E-state index is 0.260. The Kier molecular flexibility index (Phi) is 5.81. The van der Waals surface area contributed by atoms with Crippen LogP contribution < -0.4 is 15.0 Å². The Hall–Kier alpha value is -1.79. The summed E-state index contributed by atoms with van der Waals surface area (Å²) in [7, 11) is 1.68. The summed E-state index contributed by atoms with van der Waals surface area (Å²) < 4.78 is 5.21. The van der Waals surface area contributed by atoms with E-state index in [1.807, 2.05) is 17.0 Å². The van der Waals surface area contributed by atoms with Gasteiger partial charge in [-0.3, -0.25) is 9.69 Å². The number of hydrogen-bond donors (Lipinski definition) is 1. The van der Waals surface area contributed by atoms with E-state index in [1.54, 1.807) is 7.11 Å². The highest BCUT2D eigenvalue weighted by Crippen LogP contribution is 2.20. The summed E-state index contributed by atoms with van der Waals surface area (Å²) in [4.78, 5) is 19.3. The van der Waals surface area contributed by atoms with E-state index in [2.05, 4.69) is 41.1 Å². The molecule has 0 spiro atoms. The number of ether oxygens (including phenoxy) is 1. The summed E-state index contributed by atoms with van der Waals surface area (Å²) in [5, 5.41) is 3.46. The molecule has 2 heterocycles. The fraction of sp³-hybridized carbons (Fsp3) is 0.632. The molecule has 1 aromatic carbocycles. The third-order valence-corrected chi connectivity index (χ3v) is 5.57. The molecule has 1 N–H and O–H groups in total. The van der Waals surface area contributed by atoms with E-state index in [4.69, 9.17) is 4.74 Å². The van der Waals surface area contributed by atoms with Gasteiger partial charge in [-0.25, -0.2) is 0 Å². The highest BCUT2D eigenvalue weighted by Gasteiger charge is 2.28. The molecular weight excluding hydrogens is 316 g/mol. The molecule has 1 aromatic rings. The number of methoxy groups -OCH3 is 1. The van der Waals surface area contributed by atoms with E-state index in [1.165, 1.54) is 5.69 Å². The maximum atomic E-state index is 12.7. The van der Waals surface area contributed by atoms with Crippen molar-refractivity contribution < 1.29 is 9.53 Å². The molecule has 0 aliphatic carbocycles. The zero-order valence-corrected chi connectivity index (χ0v) is 15.6. The maximum absolute atomic E-state index is 12.7. The standard InChI is InChI=1S/C19H30N4O2/c1-15-16(2)23(9-8-20-15)14-19(24)22-12-10-21(11-13-22)17-4-6-18(25-3)7-5-17/h4-7,15-16,20H,8-14H2,1-3H3. The van der Waals surface area contributed by atoms with E-state index in [0.29, 0.717) is 18.6 Å². The molecule has 2 fully saturated rings. The number of anilines is 1. The van der Waals surface area contributed by atoms with Crippen LogP contribution in [0.2, 0.25) is 0 Å². The van der Waals surface area contributed by atoms with E-state index >= 15 is 0 Å². The molecule has 3 rings (SSSR count). The van der Waals surface area contributed by atoms with Crippen LogP contribution in [0.1, 0.15) is 13.8 Å². The van der Waals surface area contributed by atoms with Gasteiger partial charge < -0.3 is 19.9 Å². The van der Waals surface area contributed by atoms with Gasteiger partial charge in [-0.1, -0.05) is 0 Å². The second-order valence-electron chi connectivity index (χ2n) is 7.02. The average molecular weight is 346 g/mol. The number of piperazine rings is 2. The molecule has 0 radical (unpaired) electrons. The van der Waals surface area contributed by atoms with Gasteiger partial charge in [0.1, 0.15) is 5.75 Å². The Morgan fingerprint density at radius 1 is 1.12 bits per heavy atom. The lowest BCUT2D eigenvalue weighted by atomic mass is 10.1. The molecule has 138 valence electrons. The third kappa shape index (κ3) is 4.25. The van der Waals surface area contributed by atoms with Gasteiger partial charge in [0.25, 0.3) is 0 Å². The smallest absolute Gasteiger partial charge is 0.236 e. The van der Waals surface area contributed by atoms with Gasteiger partial charge >= 0.3 is 0 Å². The highest BCUT2D eigenvalue weighted by atomic mass is 16.5. The van der Waals surface area contributed by atoms with Gasteiger partial charge in [-0.15, -0.1) is 0 Å². The summed E-state index contributed by atoms with van der Waals surface area (Å²) in [6, 6.07) is 8.98. The number of nitrogens with zero attached hydrogens (tertiary/aromatic N) is 3. The zero-order chi connectivity index (χ0) is 17.8. The van der Waals surface area contributed by atoms with E-state index < -0.39 is 0 Å². The van der Waals surface area contributed by atoms with Crippen LogP contribution in [-0.4, -0.2) is 80.7 Å². The normalized spacial score (nSPS) is 25.1. The highest BCUT2D eigenvalue weighted by molar-refractivity contribution is 5.78. The lowest BCUT2D eigenvalue weighted by Crippen LogP contribution is -2.58. The lowest BCUT2D eigenvalue weighted by molar-refractivity contribution is -0.133. The van der Waals surface area contributed by atoms with Gasteiger partial charge in [0.2, 0.25) is 5.91 Å². The quantitative estimate of drug-likeness (QED) is 0.882. The van der Waals surface area contributed by atoms with Crippen molar-refractivity contribution in [3.05, 3.63) is 24.3 Å². The lowest BCUT2D eigenvalue weighted by Gasteiger charge is -2.40. The van der Waals surface area contributed by atoms with Gasteiger partial charge in [-0.2, -0.15) is 0 Å². The summed E-state index contributed by atoms with van der Waals surface area (Å²) in [6.07, 6.45) is 0. The maximum Gasteiger partial charge on any atom is 0.236 e. The first-order valence-electron chi connectivity index (χ1n) is 9.22. The number of carbonyl (C=O) groups excluding carboxylic acids is 1. The average Bonchev–Trinajstić information content (AvgIpc) is 2.65. The predicted molar refractivity (Wildman–Crippen MR) is 100 cm³/mol. The Morgan fingerprint density at radius 3 is 2.44 bits per heavy atom.